The molecule has 1 aromatic heterocycles. The van der Waals surface area contributed by atoms with Gasteiger partial charge in [-0.2, -0.15) is 4.37 Å². The van der Waals surface area contributed by atoms with Crippen LogP contribution in [0, 0.1) is 0 Å². The highest BCUT2D eigenvalue weighted by Crippen LogP contribution is 2.32. The van der Waals surface area contributed by atoms with Crippen LogP contribution in [-0.4, -0.2) is 47.3 Å². The first-order chi connectivity index (χ1) is 18.3. The molecule has 11 heteroatoms. The molecule has 0 aliphatic heterocycles. The van der Waals surface area contributed by atoms with Gasteiger partial charge in [-0.15, -0.1) is 0 Å². The molecule has 2 aromatic carbocycles. The van der Waals surface area contributed by atoms with Gasteiger partial charge in [0.15, 0.2) is 5.69 Å². The Hall–Kier alpha value is -4.12. The van der Waals surface area contributed by atoms with Crippen molar-refractivity contribution in [3.63, 3.8) is 0 Å². The number of ether oxygens (including phenoxy) is 2. The van der Waals surface area contributed by atoms with Gasteiger partial charge < -0.3 is 31.2 Å². The number of aromatic nitrogens is 1. The number of benzene rings is 2. The lowest BCUT2D eigenvalue weighted by molar-refractivity contribution is -0.126. The number of nitrogen functional groups attached to an aromatic ring is 1. The van der Waals surface area contributed by atoms with Gasteiger partial charge in [0, 0.05) is 12.6 Å². The van der Waals surface area contributed by atoms with E-state index in [4.69, 9.17) is 20.9 Å². The smallest absolute Gasteiger partial charge is 0.270 e. The molecule has 1 aliphatic carbocycles. The number of nitrogens with one attached hydrogen (secondary N) is 1. The fourth-order valence-corrected chi connectivity index (χ4v) is 5.34. The molecule has 0 unspecified atom stereocenters. The van der Waals surface area contributed by atoms with Crippen molar-refractivity contribution in [2.75, 3.05) is 20.0 Å². The van der Waals surface area contributed by atoms with Crippen LogP contribution in [-0.2, 0) is 11.3 Å². The quantitative estimate of drug-likeness (QED) is 0.359. The van der Waals surface area contributed by atoms with E-state index in [-0.39, 0.29) is 34.8 Å². The number of rotatable bonds is 10. The predicted molar refractivity (Wildman–Crippen MR) is 144 cm³/mol. The van der Waals surface area contributed by atoms with Crippen molar-refractivity contribution in [3.8, 4) is 11.5 Å². The minimum Gasteiger partial charge on any atom is -0.497 e. The molecule has 0 bridgehead atoms. The first-order valence-electron chi connectivity index (χ1n) is 12.3. The van der Waals surface area contributed by atoms with Crippen LogP contribution >= 0.6 is 11.5 Å². The summed E-state index contributed by atoms with van der Waals surface area (Å²) in [6, 6.07) is 13.3. The van der Waals surface area contributed by atoms with Gasteiger partial charge in [-0.25, -0.2) is 0 Å². The molecule has 0 radical (unpaired) electrons. The molecule has 3 aromatic rings. The van der Waals surface area contributed by atoms with Crippen molar-refractivity contribution in [2.24, 2.45) is 5.73 Å². The van der Waals surface area contributed by atoms with E-state index in [1.807, 2.05) is 12.1 Å². The number of nitrogens with two attached hydrogens (primary N) is 2. The Morgan fingerprint density at radius 1 is 1.03 bits per heavy atom. The van der Waals surface area contributed by atoms with Gasteiger partial charge in [0.05, 0.1) is 19.9 Å². The topological polar surface area (TPSA) is 150 Å². The minimum absolute atomic E-state index is 0.0381. The van der Waals surface area contributed by atoms with Crippen molar-refractivity contribution in [3.05, 3.63) is 70.2 Å². The van der Waals surface area contributed by atoms with E-state index in [2.05, 4.69) is 9.69 Å². The summed E-state index contributed by atoms with van der Waals surface area (Å²) < 4.78 is 14.5. The summed E-state index contributed by atoms with van der Waals surface area (Å²) >= 11 is 0.782. The molecular weight excluding hydrogens is 506 g/mol. The fourth-order valence-electron chi connectivity index (χ4n) is 4.58. The van der Waals surface area contributed by atoms with Gasteiger partial charge in [-0.1, -0.05) is 37.1 Å². The average molecular weight is 538 g/mol. The summed E-state index contributed by atoms with van der Waals surface area (Å²) in [5, 5.41) is 3.13. The zero-order chi connectivity index (χ0) is 27.2. The molecule has 0 saturated heterocycles. The van der Waals surface area contributed by atoms with E-state index in [0.29, 0.717) is 17.1 Å². The van der Waals surface area contributed by atoms with Crippen LogP contribution in [0.3, 0.4) is 0 Å². The second-order valence-corrected chi connectivity index (χ2v) is 9.86. The number of anilines is 1. The van der Waals surface area contributed by atoms with Crippen molar-refractivity contribution < 1.29 is 23.9 Å². The number of carbonyl (C=O) groups excluding carboxylic acids is 3. The Labute approximate surface area is 225 Å². The summed E-state index contributed by atoms with van der Waals surface area (Å²) in [6.45, 7) is 0.0842. The maximum Gasteiger partial charge on any atom is 0.270 e. The molecule has 38 heavy (non-hydrogen) atoms. The number of hydrogen-bond donors (Lipinski definition) is 3. The maximum absolute atomic E-state index is 14.0. The number of nitrogens with zero attached hydrogens (tertiary/aromatic N) is 2. The van der Waals surface area contributed by atoms with Crippen LogP contribution in [0.1, 0.15) is 63.0 Å². The van der Waals surface area contributed by atoms with E-state index in [9.17, 15) is 14.4 Å². The first-order valence-corrected chi connectivity index (χ1v) is 13.0. The molecule has 5 N–H and O–H groups in total. The van der Waals surface area contributed by atoms with Crippen LogP contribution in [0.25, 0.3) is 0 Å². The molecule has 200 valence electrons. The molecular formula is C27H31N5O5S. The monoisotopic (exact) mass is 537 g/mol. The number of hydrogen-bond acceptors (Lipinski definition) is 8. The van der Waals surface area contributed by atoms with E-state index in [1.54, 1.807) is 50.6 Å². The normalized spacial score (nSPS) is 14.1. The largest absolute Gasteiger partial charge is 0.497 e. The Bertz CT molecular complexity index is 1290. The van der Waals surface area contributed by atoms with Crippen molar-refractivity contribution in [1.29, 1.82) is 0 Å². The molecule has 1 heterocycles. The maximum atomic E-state index is 14.0. The molecule has 0 spiro atoms. The zero-order valence-corrected chi connectivity index (χ0v) is 22.1. The Morgan fingerprint density at radius 2 is 1.61 bits per heavy atom. The van der Waals surface area contributed by atoms with E-state index in [1.165, 1.54) is 4.90 Å². The summed E-state index contributed by atoms with van der Waals surface area (Å²) in [5.41, 5.74) is 12.6. The highest BCUT2D eigenvalue weighted by atomic mass is 32.1. The third-order valence-electron chi connectivity index (χ3n) is 6.62. The Kier molecular flexibility index (Phi) is 8.47. The standard InChI is InChI=1S/C27H31N5O5S/c1-36-19-11-7-16(8-12-19)15-32(27(35)24-21(28)22(25(29)33)31-38-24)23(17-9-13-20(37-2)14-10-17)26(34)30-18-5-3-4-6-18/h7-14,18,23H,3-6,15,28H2,1-2H3,(H2,29,33)(H,30,34)/t23-/m1/s1. The van der Waals surface area contributed by atoms with E-state index < -0.39 is 17.9 Å². The lowest BCUT2D eigenvalue weighted by Gasteiger charge is -2.32. The highest BCUT2D eigenvalue weighted by Gasteiger charge is 2.36. The third-order valence-corrected chi connectivity index (χ3v) is 7.47. The summed E-state index contributed by atoms with van der Waals surface area (Å²) in [6.07, 6.45) is 3.86. The highest BCUT2D eigenvalue weighted by molar-refractivity contribution is 7.09. The third kappa shape index (κ3) is 5.88. The molecule has 1 aliphatic rings. The second-order valence-electron chi connectivity index (χ2n) is 9.09. The van der Waals surface area contributed by atoms with Crippen LogP contribution in [0.4, 0.5) is 5.69 Å². The summed E-state index contributed by atoms with van der Waals surface area (Å²) in [7, 11) is 3.13. The average Bonchev–Trinajstić information content (AvgIpc) is 3.58. The van der Waals surface area contributed by atoms with Gasteiger partial charge in [0.2, 0.25) is 5.91 Å². The molecule has 1 fully saturated rings. The minimum atomic E-state index is -0.991. The summed E-state index contributed by atoms with van der Waals surface area (Å²) in [4.78, 5) is 41.1. The molecule has 10 nitrogen and oxygen atoms in total. The second kappa shape index (κ2) is 12.0. The van der Waals surface area contributed by atoms with Crippen LogP contribution < -0.4 is 26.3 Å². The molecule has 1 saturated carbocycles. The SMILES string of the molecule is COc1ccc(CN(C(=O)c2snc(C(N)=O)c2N)[C@@H](C(=O)NC2CCCC2)c2ccc(OC)cc2)cc1. The van der Waals surface area contributed by atoms with Crippen molar-refractivity contribution >= 4 is 34.9 Å². The molecule has 3 amide bonds. The van der Waals surface area contributed by atoms with Crippen LogP contribution in [0.15, 0.2) is 48.5 Å². The number of amides is 3. The molecule has 1 atom stereocenters. The van der Waals surface area contributed by atoms with Gasteiger partial charge in [-0.3, -0.25) is 14.4 Å². The van der Waals surface area contributed by atoms with Gasteiger partial charge in [0.1, 0.15) is 22.4 Å². The van der Waals surface area contributed by atoms with Gasteiger partial charge in [-0.05, 0) is 59.8 Å². The van der Waals surface area contributed by atoms with Crippen LogP contribution in [0.5, 0.6) is 11.5 Å². The van der Waals surface area contributed by atoms with E-state index in [0.717, 1.165) is 42.8 Å². The van der Waals surface area contributed by atoms with Crippen LogP contribution in [0.2, 0.25) is 0 Å². The zero-order valence-electron chi connectivity index (χ0n) is 21.3. The van der Waals surface area contributed by atoms with Gasteiger partial charge in [0.25, 0.3) is 11.8 Å². The Morgan fingerprint density at radius 3 is 2.13 bits per heavy atom. The summed E-state index contributed by atoms with van der Waals surface area (Å²) in [5.74, 6) is -0.386. The predicted octanol–water partition coefficient (Wildman–Crippen LogP) is 3.28. The molecule has 4 rings (SSSR count). The lowest BCUT2D eigenvalue weighted by atomic mass is 10.0. The lowest BCUT2D eigenvalue weighted by Crippen LogP contribution is -2.45. The van der Waals surface area contributed by atoms with Gasteiger partial charge >= 0.3 is 0 Å². The van der Waals surface area contributed by atoms with E-state index >= 15 is 0 Å². The number of carbonyl (C=O) groups is 3. The van der Waals surface area contributed by atoms with Crippen molar-refractivity contribution in [2.45, 2.75) is 44.3 Å². The number of methoxy groups -OCH3 is 2. The first kappa shape index (κ1) is 26.9. The Balaban J connectivity index is 1.79. The fraction of sp³-hybridized carbons (Fsp3) is 0.333. The van der Waals surface area contributed by atoms with Crippen molar-refractivity contribution in [1.82, 2.24) is 14.6 Å². The number of primary amides is 1.